The molecule has 0 saturated heterocycles. The molecule has 0 bridgehead atoms. The summed E-state index contributed by atoms with van der Waals surface area (Å²) in [5.41, 5.74) is 2.82. The number of anilines is 2. The second kappa shape index (κ2) is 9.95. The average Bonchev–Trinajstić information content (AvgIpc) is 2.77. The highest BCUT2D eigenvalue weighted by Gasteiger charge is 2.22. The third kappa shape index (κ3) is 5.83. The van der Waals surface area contributed by atoms with Gasteiger partial charge < -0.3 is 5.11 Å². The van der Waals surface area contributed by atoms with Crippen LogP contribution in [0.5, 0.6) is 5.75 Å². The monoisotopic (exact) mass is 519 g/mol. The van der Waals surface area contributed by atoms with Crippen molar-refractivity contribution in [1.82, 2.24) is 0 Å². The van der Waals surface area contributed by atoms with E-state index in [0.717, 1.165) is 36.0 Å². The van der Waals surface area contributed by atoms with Gasteiger partial charge in [-0.05, 0) is 43.7 Å². The number of nitro benzene ring substituents is 2. The molecule has 0 aliphatic heterocycles. The van der Waals surface area contributed by atoms with Gasteiger partial charge in [0.05, 0.1) is 26.6 Å². The maximum absolute atomic E-state index is 12.8. The van der Waals surface area contributed by atoms with E-state index in [-0.39, 0.29) is 21.2 Å². The van der Waals surface area contributed by atoms with Crippen LogP contribution in [-0.4, -0.2) is 29.6 Å². The van der Waals surface area contributed by atoms with Gasteiger partial charge in [-0.25, -0.2) is 8.42 Å². The predicted octanol–water partition coefficient (Wildman–Crippen LogP) is 4.73. The van der Waals surface area contributed by atoms with E-state index in [1.54, 1.807) is 25.1 Å². The van der Waals surface area contributed by atoms with Crippen molar-refractivity contribution in [2.75, 3.05) is 10.1 Å². The van der Waals surface area contributed by atoms with E-state index in [0.29, 0.717) is 11.3 Å². The van der Waals surface area contributed by atoms with Gasteiger partial charge in [0.1, 0.15) is 5.69 Å². The summed E-state index contributed by atoms with van der Waals surface area (Å²) in [4.78, 5) is 20.6. The summed E-state index contributed by atoms with van der Waals surface area (Å²) in [6.07, 6.45) is 0.977. The molecule has 0 amide bonds. The van der Waals surface area contributed by atoms with Crippen molar-refractivity contribution in [3.63, 3.8) is 0 Å². The number of phenolic OH excluding ortho intramolecular Hbond substituents is 1. The molecule has 3 rings (SSSR count). The molecule has 0 aliphatic carbocycles. The van der Waals surface area contributed by atoms with Crippen molar-refractivity contribution in [3.05, 3.63) is 90.5 Å². The zero-order valence-corrected chi connectivity index (χ0v) is 19.8. The normalized spacial score (nSPS) is 11.4. The molecule has 0 aliphatic rings. The number of aromatic hydroxyl groups is 1. The fraction of sp³-hybridized carbons (Fsp3) is 0.0952. The first kappa shape index (κ1) is 25.4. The summed E-state index contributed by atoms with van der Waals surface area (Å²) >= 11 is 5.81. The van der Waals surface area contributed by atoms with E-state index < -0.39 is 37.0 Å². The van der Waals surface area contributed by atoms with Crippen LogP contribution in [0.3, 0.4) is 0 Å². The zero-order chi connectivity index (χ0) is 25.9. The minimum absolute atomic E-state index is 0.0344. The lowest BCUT2D eigenvalue weighted by Gasteiger charge is -2.12. The van der Waals surface area contributed by atoms with Crippen LogP contribution >= 0.6 is 11.6 Å². The third-order valence-electron chi connectivity index (χ3n) is 4.77. The van der Waals surface area contributed by atoms with Crippen LogP contribution in [0.15, 0.2) is 58.5 Å². The van der Waals surface area contributed by atoms with Gasteiger partial charge >= 0.3 is 5.69 Å². The van der Waals surface area contributed by atoms with Crippen molar-refractivity contribution in [1.29, 1.82) is 0 Å². The van der Waals surface area contributed by atoms with Gasteiger partial charge in [0, 0.05) is 22.7 Å². The van der Waals surface area contributed by atoms with Gasteiger partial charge in [0.2, 0.25) is 5.75 Å². The molecule has 0 atom stereocenters. The van der Waals surface area contributed by atoms with Crippen LogP contribution in [0.2, 0.25) is 5.02 Å². The lowest BCUT2D eigenvalue weighted by Crippen LogP contribution is -2.14. The summed E-state index contributed by atoms with van der Waals surface area (Å²) in [5.74, 6) is -0.696. The molecule has 3 aromatic rings. The summed E-state index contributed by atoms with van der Waals surface area (Å²) in [6, 6.07) is 10.4. The number of hydrogen-bond donors (Lipinski definition) is 3. The summed E-state index contributed by atoms with van der Waals surface area (Å²) < 4.78 is 28.0. The Balaban J connectivity index is 1.89. The highest BCUT2D eigenvalue weighted by molar-refractivity contribution is 7.92. The number of nitrogens with zero attached hydrogens (tertiary/aromatic N) is 3. The largest absolute Gasteiger partial charge is 0.502 e. The average molecular weight is 520 g/mol. The number of nitro groups is 2. The Morgan fingerprint density at radius 1 is 0.971 bits per heavy atom. The number of halogens is 1. The summed E-state index contributed by atoms with van der Waals surface area (Å²) in [5, 5.41) is 36.3. The van der Waals surface area contributed by atoms with E-state index in [9.17, 15) is 33.8 Å². The smallest absolute Gasteiger partial charge is 0.312 e. The number of phenols is 1. The molecule has 3 aromatic carbocycles. The van der Waals surface area contributed by atoms with Crippen LogP contribution < -0.4 is 10.1 Å². The molecule has 3 N–H and O–H groups in total. The Labute approximate surface area is 204 Å². The molecule has 0 spiro atoms. The van der Waals surface area contributed by atoms with E-state index in [4.69, 9.17) is 11.6 Å². The van der Waals surface area contributed by atoms with Crippen molar-refractivity contribution < 1.29 is 23.4 Å². The molecule has 0 radical (unpaired) electrons. The Bertz CT molecular complexity index is 1480. The zero-order valence-electron chi connectivity index (χ0n) is 18.2. The van der Waals surface area contributed by atoms with E-state index in [1.165, 1.54) is 6.07 Å². The standard InChI is InChI=1S/C21H18ClN5O7S/c1-12-3-5-17(13(2)7-12)25-35(33,34)16-4-6-18(19(10-16)26(29)30)24-23-11-14-8-15(22)9-20(21(14)28)27(31)32/h3-11,24-25,28H,1-2H3/b23-11+. The molecule has 182 valence electrons. The van der Waals surface area contributed by atoms with Crippen LogP contribution in [0, 0.1) is 34.1 Å². The maximum Gasteiger partial charge on any atom is 0.312 e. The van der Waals surface area contributed by atoms with Crippen LogP contribution in [0.1, 0.15) is 16.7 Å². The second-order valence-corrected chi connectivity index (χ2v) is 9.47. The fourth-order valence-electron chi connectivity index (χ4n) is 3.07. The van der Waals surface area contributed by atoms with Gasteiger partial charge in [-0.2, -0.15) is 5.10 Å². The molecule has 0 heterocycles. The van der Waals surface area contributed by atoms with Gasteiger partial charge in [-0.3, -0.25) is 30.4 Å². The highest BCUT2D eigenvalue weighted by atomic mass is 35.5. The number of nitrogens with one attached hydrogen (secondary N) is 2. The first-order valence-corrected chi connectivity index (χ1v) is 11.6. The first-order chi connectivity index (χ1) is 16.4. The van der Waals surface area contributed by atoms with Gasteiger partial charge in [-0.1, -0.05) is 29.3 Å². The van der Waals surface area contributed by atoms with E-state index >= 15 is 0 Å². The van der Waals surface area contributed by atoms with E-state index in [2.05, 4.69) is 15.2 Å². The van der Waals surface area contributed by atoms with E-state index in [1.807, 2.05) is 6.92 Å². The molecular weight excluding hydrogens is 502 g/mol. The van der Waals surface area contributed by atoms with Gasteiger partial charge in [0.25, 0.3) is 15.7 Å². The van der Waals surface area contributed by atoms with Crippen LogP contribution in [0.4, 0.5) is 22.7 Å². The molecule has 0 fully saturated rings. The van der Waals surface area contributed by atoms with Crippen molar-refractivity contribution in [2.24, 2.45) is 5.10 Å². The minimum Gasteiger partial charge on any atom is -0.502 e. The maximum atomic E-state index is 12.8. The number of hydrogen-bond acceptors (Lipinski definition) is 9. The molecule has 35 heavy (non-hydrogen) atoms. The lowest BCUT2D eigenvalue weighted by atomic mass is 10.1. The SMILES string of the molecule is Cc1ccc(NS(=O)(=O)c2ccc(N/N=C/c3cc(Cl)cc([N+](=O)[O-])c3O)c([N+](=O)[O-])c2)c(C)c1. The Kier molecular flexibility index (Phi) is 7.22. The second-order valence-electron chi connectivity index (χ2n) is 7.35. The minimum atomic E-state index is -4.14. The lowest BCUT2D eigenvalue weighted by molar-refractivity contribution is -0.385. The van der Waals surface area contributed by atoms with Crippen LogP contribution in [0.25, 0.3) is 0 Å². The van der Waals surface area contributed by atoms with Crippen molar-refractivity contribution in [2.45, 2.75) is 18.7 Å². The van der Waals surface area contributed by atoms with Gasteiger partial charge in [-0.15, -0.1) is 0 Å². The highest BCUT2D eigenvalue weighted by Crippen LogP contribution is 2.33. The first-order valence-electron chi connectivity index (χ1n) is 9.73. The number of sulfonamides is 1. The fourth-order valence-corrected chi connectivity index (χ4v) is 4.44. The van der Waals surface area contributed by atoms with Gasteiger partial charge in [0.15, 0.2) is 0 Å². The molecule has 0 unspecified atom stereocenters. The number of aryl methyl sites for hydroxylation is 2. The molecule has 12 nitrogen and oxygen atoms in total. The predicted molar refractivity (Wildman–Crippen MR) is 131 cm³/mol. The van der Waals surface area contributed by atoms with Crippen molar-refractivity contribution >= 4 is 50.6 Å². The molecule has 14 heteroatoms. The summed E-state index contributed by atoms with van der Waals surface area (Å²) in [7, 11) is -4.14. The Hall–Kier alpha value is -4.23. The van der Waals surface area contributed by atoms with Crippen LogP contribution in [-0.2, 0) is 10.0 Å². The molecule has 0 saturated carbocycles. The number of rotatable bonds is 8. The number of hydrazone groups is 1. The Morgan fingerprint density at radius 3 is 2.26 bits per heavy atom. The number of benzene rings is 3. The van der Waals surface area contributed by atoms with Crippen molar-refractivity contribution in [3.8, 4) is 5.75 Å². The quantitative estimate of drug-likeness (QED) is 0.217. The Morgan fingerprint density at radius 2 is 1.63 bits per heavy atom. The third-order valence-corrected chi connectivity index (χ3v) is 6.35. The molecule has 0 aromatic heterocycles. The topological polar surface area (TPSA) is 177 Å². The summed E-state index contributed by atoms with van der Waals surface area (Å²) in [6.45, 7) is 3.59. The molecular formula is C21H18ClN5O7S.